The Balaban J connectivity index is 2.58. The number of unbranched alkanes of at least 4 members (excludes halogenated alkanes) is 1. The maximum Gasteiger partial charge on any atom is 0.245 e. The lowest BCUT2D eigenvalue weighted by Gasteiger charge is -2.29. The van der Waals surface area contributed by atoms with Crippen LogP contribution in [0.2, 0.25) is 0 Å². The molecular weight excluding hydrogens is 877 g/mol. The largest absolute Gasteiger partial charge is 0.508 e. The van der Waals surface area contributed by atoms with E-state index in [1.165, 1.54) is 31.3 Å². The summed E-state index contributed by atoms with van der Waals surface area (Å²) in [4.78, 5) is 159. The average Bonchev–Trinajstić information content (AvgIpc) is 3.26. The van der Waals surface area contributed by atoms with Crippen molar-refractivity contribution in [3.05, 3.63) is 29.8 Å². The van der Waals surface area contributed by atoms with Crippen molar-refractivity contribution in [2.24, 2.45) is 29.0 Å². The maximum absolute atomic E-state index is 14.0. The number of nitrogens with two attached hydrogens (primary N) is 3. The zero-order valence-corrected chi connectivity index (χ0v) is 38.5. The number of carbonyl (C=O) groups is 12. The van der Waals surface area contributed by atoms with Crippen molar-refractivity contribution in [1.82, 2.24) is 36.8 Å². The number of nitrogens with one attached hydrogen (secondary N) is 6. The Bertz CT molecular complexity index is 1980. The summed E-state index contributed by atoms with van der Waals surface area (Å²) < 4.78 is 0. The average molecular weight is 943 g/mol. The second kappa shape index (κ2) is 28.2. The van der Waals surface area contributed by atoms with Crippen LogP contribution in [0.15, 0.2) is 24.3 Å². The summed E-state index contributed by atoms with van der Waals surface area (Å²) in [5, 5.41) is 24.9. The summed E-state index contributed by atoms with van der Waals surface area (Å²) >= 11 is 0. The molecule has 0 spiro atoms. The normalized spacial score (nSPS) is 21.2. The second-order valence-electron chi connectivity index (χ2n) is 16.7. The first kappa shape index (κ1) is 56.2. The first-order valence-corrected chi connectivity index (χ1v) is 22.2. The van der Waals surface area contributed by atoms with Gasteiger partial charge in [0, 0.05) is 52.0 Å². The van der Waals surface area contributed by atoms with Crippen molar-refractivity contribution in [2.45, 2.75) is 134 Å². The lowest BCUT2D eigenvalue weighted by molar-refractivity contribution is -0.140. The number of hydrogen-bond acceptors (Lipinski definition) is 13. The third kappa shape index (κ3) is 20.4. The van der Waals surface area contributed by atoms with Crippen LogP contribution in [-0.2, 0) is 64.0 Å². The third-order valence-corrected chi connectivity index (χ3v) is 11.1. The molecule has 0 aliphatic carbocycles. The molecule has 1 saturated heterocycles. The van der Waals surface area contributed by atoms with Crippen molar-refractivity contribution in [2.75, 3.05) is 20.1 Å². The van der Waals surface area contributed by atoms with Crippen molar-refractivity contribution in [3.8, 4) is 5.75 Å². The molecule has 7 atom stereocenters. The van der Waals surface area contributed by atoms with E-state index in [0.717, 1.165) is 4.90 Å². The predicted molar refractivity (Wildman–Crippen MR) is 239 cm³/mol. The number of nitrogens with zero attached hydrogens (tertiary/aromatic N) is 1. The van der Waals surface area contributed by atoms with E-state index in [1.54, 1.807) is 13.8 Å². The monoisotopic (exact) mass is 942 g/mol. The lowest BCUT2D eigenvalue weighted by Crippen LogP contribution is -2.58. The van der Waals surface area contributed by atoms with Crippen LogP contribution in [0.3, 0.4) is 0 Å². The number of primary amides is 3. The topological polar surface area (TPSA) is 379 Å². The van der Waals surface area contributed by atoms with Crippen LogP contribution < -0.4 is 49.1 Å². The zero-order valence-electron chi connectivity index (χ0n) is 38.5. The highest BCUT2D eigenvalue weighted by atomic mass is 16.3. The summed E-state index contributed by atoms with van der Waals surface area (Å²) in [6, 6.07) is -1.03. The van der Waals surface area contributed by atoms with Gasteiger partial charge in [0.1, 0.15) is 23.9 Å². The molecule has 2 rings (SSSR count). The van der Waals surface area contributed by atoms with Gasteiger partial charge in [-0.3, -0.25) is 57.5 Å². The van der Waals surface area contributed by atoms with Gasteiger partial charge in [0.2, 0.25) is 59.1 Å². The molecule has 1 aliphatic heterocycles. The van der Waals surface area contributed by atoms with E-state index in [9.17, 15) is 62.6 Å². The van der Waals surface area contributed by atoms with Gasteiger partial charge in [0.25, 0.3) is 0 Å². The van der Waals surface area contributed by atoms with Crippen LogP contribution >= 0.6 is 0 Å². The summed E-state index contributed by atoms with van der Waals surface area (Å²) in [6.45, 7) is 3.92. The summed E-state index contributed by atoms with van der Waals surface area (Å²) in [7, 11) is 1.21. The van der Waals surface area contributed by atoms with Crippen LogP contribution in [0.5, 0.6) is 5.75 Å². The molecular formula is C44H66N10O13. The van der Waals surface area contributed by atoms with Crippen molar-refractivity contribution in [1.29, 1.82) is 0 Å². The minimum atomic E-state index is -1.60. The van der Waals surface area contributed by atoms with Gasteiger partial charge in [-0.15, -0.1) is 0 Å². The van der Waals surface area contributed by atoms with Gasteiger partial charge in [0.05, 0.1) is 31.1 Å². The zero-order chi connectivity index (χ0) is 50.4. The smallest absolute Gasteiger partial charge is 0.245 e. The Labute approximate surface area is 388 Å². The minimum Gasteiger partial charge on any atom is -0.508 e. The van der Waals surface area contributed by atoms with Crippen LogP contribution in [0.4, 0.5) is 0 Å². The predicted octanol–water partition coefficient (Wildman–Crippen LogP) is -2.49. The number of phenols is 1. The highest BCUT2D eigenvalue weighted by Gasteiger charge is 2.36. The molecule has 0 saturated carbocycles. The van der Waals surface area contributed by atoms with Gasteiger partial charge in [-0.25, -0.2) is 0 Å². The van der Waals surface area contributed by atoms with Crippen molar-refractivity contribution < 1.29 is 62.6 Å². The van der Waals surface area contributed by atoms with Gasteiger partial charge >= 0.3 is 0 Å². The molecule has 23 nitrogen and oxygen atoms in total. The highest BCUT2D eigenvalue weighted by molar-refractivity contribution is 5.99. The second-order valence-corrected chi connectivity index (χ2v) is 16.7. The van der Waals surface area contributed by atoms with Gasteiger partial charge < -0.3 is 59.1 Å². The number of carbonyl (C=O) groups excluding carboxylic acids is 12. The molecule has 10 amide bonds. The minimum absolute atomic E-state index is 0.0643. The first-order valence-electron chi connectivity index (χ1n) is 22.2. The molecule has 23 heteroatoms. The van der Waals surface area contributed by atoms with E-state index >= 15 is 0 Å². The molecule has 1 aromatic rings. The number of benzene rings is 1. The Hall–Kier alpha value is -6.94. The Morgan fingerprint density at radius 1 is 0.806 bits per heavy atom. The van der Waals surface area contributed by atoms with E-state index in [4.69, 9.17) is 17.2 Å². The van der Waals surface area contributed by atoms with Crippen LogP contribution in [0.25, 0.3) is 0 Å². The summed E-state index contributed by atoms with van der Waals surface area (Å²) in [6.07, 6.45) is -2.04. The van der Waals surface area contributed by atoms with Crippen molar-refractivity contribution in [3.63, 3.8) is 0 Å². The molecule has 0 bridgehead atoms. The molecule has 0 aromatic heterocycles. The van der Waals surface area contributed by atoms with Crippen LogP contribution in [0.1, 0.15) is 103 Å². The third-order valence-electron chi connectivity index (χ3n) is 11.1. The Kier molecular flexibility index (Phi) is 23.6. The van der Waals surface area contributed by atoms with Crippen LogP contribution in [-0.4, -0.2) is 131 Å². The van der Waals surface area contributed by atoms with Crippen LogP contribution in [0, 0.1) is 11.8 Å². The van der Waals surface area contributed by atoms with E-state index < -0.39 is 158 Å². The number of Topliss-reactive ketones (excluding diaryl/α,β-unsaturated/α-hetero) is 2. The molecule has 370 valence electrons. The highest BCUT2D eigenvalue weighted by Crippen LogP contribution is 2.18. The fourth-order valence-electron chi connectivity index (χ4n) is 7.06. The van der Waals surface area contributed by atoms with Crippen molar-refractivity contribution >= 4 is 70.6 Å². The van der Waals surface area contributed by atoms with E-state index in [-0.39, 0.29) is 37.9 Å². The fourth-order valence-corrected chi connectivity index (χ4v) is 7.06. The van der Waals surface area contributed by atoms with Gasteiger partial charge in [0.15, 0.2) is 11.6 Å². The molecule has 0 radical (unpaired) electrons. The fraction of sp³-hybridized carbons (Fsp3) is 0.591. The molecule has 13 N–H and O–H groups in total. The Morgan fingerprint density at radius 3 is 2.06 bits per heavy atom. The number of likely N-dealkylation sites (N-methyl/N-ethyl adjacent to an activating group) is 1. The molecule has 1 aliphatic rings. The van der Waals surface area contributed by atoms with Gasteiger partial charge in [-0.05, 0) is 42.9 Å². The standard InChI is InChI=1S/C44H66N10O13/c1-5-7-8-28(32(56)15-17-35(46)59)49-39(63)23-54(4)44(67)30-14-18-37(61)48-22-38(62)50-31(19-25-9-11-27(55)12-10-25)42(65)53-40(24(3)6-2)43(66)51-29(13-16-34(45)58)33(57)20-26(21-36(47)60)41(64)52-30/h9-12,24,26,28-31,40,55H,5-8,13-23H2,1-4H3,(H2,45,58)(H2,46,59)(H2,47,60)(H,48,61)(H,49,63)(H,50,62)(H,51,66)(H,52,64)(H,53,65)/t24-,26-,28-,29-,30-,31-,40-/m0/s1. The van der Waals surface area contributed by atoms with E-state index in [2.05, 4.69) is 31.9 Å². The number of rotatable bonds is 20. The number of aromatic hydroxyl groups is 1. The molecule has 0 unspecified atom stereocenters. The summed E-state index contributed by atoms with van der Waals surface area (Å²) in [5.41, 5.74) is 16.5. The molecule has 1 aromatic carbocycles. The van der Waals surface area contributed by atoms with Gasteiger partial charge in [-0.1, -0.05) is 52.2 Å². The van der Waals surface area contributed by atoms with Gasteiger partial charge in [-0.2, -0.15) is 0 Å². The number of hydrogen-bond donors (Lipinski definition) is 10. The number of ketones is 2. The Morgan fingerprint density at radius 2 is 1.46 bits per heavy atom. The first-order chi connectivity index (χ1) is 31.5. The molecule has 1 heterocycles. The summed E-state index contributed by atoms with van der Waals surface area (Å²) in [5.74, 6) is -12.2. The quantitative estimate of drug-likeness (QED) is 0.0648. The maximum atomic E-state index is 14.0. The SMILES string of the molecule is CCCC[C@H](NC(=O)CN(C)C(=O)[C@@H]1CCC(=O)NCC(=O)N[C@@H](Cc2ccc(O)cc2)C(=O)N[C@@H]([C@@H](C)CC)C(=O)N[C@@H](CCC(N)=O)C(=O)C[C@@H](CC(N)=O)C(=O)N1)C(=O)CCC(N)=O. The molecule has 1 fully saturated rings. The lowest BCUT2D eigenvalue weighted by atomic mass is 9.91. The molecule has 67 heavy (non-hydrogen) atoms. The number of amides is 10. The van der Waals surface area contributed by atoms with E-state index in [0.29, 0.717) is 24.8 Å². The number of phenolic OH excluding ortho intramolecular Hbond substituents is 1. The van der Waals surface area contributed by atoms with E-state index in [1.807, 2.05) is 6.92 Å².